The van der Waals surface area contributed by atoms with Crippen molar-refractivity contribution >= 4 is 11.8 Å². The summed E-state index contributed by atoms with van der Waals surface area (Å²) >= 11 is 0. The summed E-state index contributed by atoms with van der Waals surface area (Å²) in [6, 6.07) is 0. The molecule has 3 rings (SSSR count). The fourth-order valence-corrected chi connectivity index (χ4v) is 3.02. The number of ether oxygens (including phenoxy) is 2. The van der Waals surface area contributed by atoms with E-state index in [4.69, 9.17) is 19.4 Å². The summed E-state index contributed by atoms with van der Waals surface area (Å²) in [5, 5.41) is 10.2. The molecule has 0 saturated carbocycles. The maximum atomic E-state index is 5.46. The Labute approximate surface area is 137 Å². The Morgan fingerprint density at radius 1 is 1.26 bits per heavy atom. The standard InChI is InChI=1S/C16H27N5O2/c1-22-9-7-18-16-20-14-3-6-17-5-2-13(14)15(21-16)19-10-12-4-8-23-11-12/h12,17H,2-11H2,1H3,(H2,18,19,20,21). The molecule has 1 fully saturated rings. The number of hydrogen-bond donors (Lipinski definition) is 3. The first kappa shape index (κ1) is 16.4. The molecule has 0 spiro atoms. The Morgan fingerprint density at radius 2 is 2.17 bits per heavy atom. The molecule has 7 nitrogen and oxygen atoms in total. The molecule has 1 saturated heterocycles. The van der Waals surface area contributed by atoms with Crippen LogP contribution in [-0.2, 0) is 22.3 Å². The van der Waals surface area contributed by atoms with Gasteiger partial charge in [-0.25, -0.2) is 4.98 Å². The monoisotopic (exact) mass is 321 g/mol. The van der Waals surface area contributed by atoms with E-state index in [2.05, 4.69) is 16.0 Å². The molecule has 2 aliphatic rings. The predicted molar refractivity (Wildman–Crippen MR) is 90.1 cm³/mol. The molecule has 3 heterocycles. The van der Waals surface area contributed by atoms with Crippen molar-refractivity contribution in [3.63, 3.8) is 0 Å². The third-order valence-electron chi connectivity index (χ3n) is 4.35. The van der Waals surface area contributed by atoms with Crippen LogP contribution in [0.3, 0.4) is 0 Å². The molecule has 0 bridgehead atoms. The summed E-state index contributed by atoms with van der Waals surface area (Å²) in [6.07, 6.45) is 3.04. The second-order valence-electron chi connectivity index (χ2n) is 6.10. The fraction of sp³-hybridized carbons (Fsp3) is 0.750. The van der Waals surface area contributed by atoms with E-state index in [1.54, 1.807) is 7.11 Å². The van der Waals surface area contributed by atoms with Crippen LogP contribution in [0.25, 0.3) is 0 Å². The highest BCUT2D eigenvalue weighted by atomic mass is 16.5. The molecule has 0 aromatic carbocycles. The zero-order valence-corrected chi connectivity index (χ0v) is 13.9. The number of hydrogen-bond acceptors (Lipinski definition) is 7. The van der Waals surface area contributed by atoms with E-state index < -0.39 is 0 Å². The van der Waals surface area contributed by atoms with Gasteiger partial charge in [-0.1, -0.05) is 0 Å². The van der Waals surface area contributed by atoms with Gasteiger partial charge in [0.1, 0.15) is 5.82 Å². The number of fused-ring (bicyclic) bond motifs is 1. The van der Waals surface area contributed by atoms with Crippen molar-refractivity contribution in [3.8, 4) is 0 Å². The van der Waals surface area contributed by atoms with Crippen LogP contribution >= 0.6 is 0 Å². The van der Waals surface area contributed by atoms with Crippen molar-refractivity contribution < 1.29 is 9.47 Å². The molecule has 2 aliphatic heterocycles. The van der Waals surface area contributed by atoms with E-state index in [0.29, 0.717) is 25.0 Å². The molecule has 1 aromatic rings. The van der Waals surface area contributed by atoms with Crippen LogP contribution in [0.2, 0.25) is 0 Å². The first-order chi connectivity index (χ1) is 11.4. The fourth-order valence-electron chi connectivity index (χ4n) is 3.02. The van der Waals surface area contributed by atoms with E-state index in [1.165, 1.54) is 5.56 Å². The van der Waals surface area contributed by atoms with Crippen molar-refractivity contribution in [1.82, 2.24) is 15.3 Å². The minimum atomic E-state index is 0.578. The van der Waals surface area contributed by atoms with Gasteiger partial charge in [-0.15, -0.1) is 0 Å². The molecular formula is C16H27N5O2. The van der Waals surface area contributed by atoms with E-state index in [1.807, 2.05) is 0 Å². The average Bonchev–Trinajstić information content (AvgIpc) is 2.97. The van der Waals surface area contributed by atoms with Gasteiger partial charge in [0, 0.05) is 51.3 Å². The number of nitrogens with zero attached hydrogens (tertiary/aromatic N) is 2. The van der Waals surface area contributed by atoms with Crippen molar-refractivity contribution in [2.24, 2.45) is 5.92 Å². The van der Waals surface area contributed by atoms with E-state index in [0.717, 1.165) is 63.6 Å². The first-order valence-corrected chi connectivity index (χ1v) is 8.51. The van der Waals surface area contributed by atoms with Crippen molar-refractivity contribution in [1.29, 1.82) is 0 Å². The quantitative estimate of drug-likeness (QED) is 0.637. The zero-order valence-electron chi connectivity index (χ0n) is 13.9. The molecule has 0 amide bonds. The SMILES string of the molecule is COCCNc1nc2c(c(NCC3CCOC3)n1)CCNCC2. The average molecular weight is 321 g/mol. The number of nitrogens with one attached hydrogen (secondary N) is 3. The van der Waals surface area contributed by atoms with Crippen molar-refractivity contribution in [2.75, 3.05) is 63.7 Å². The number of aromatic nitrogens is 2. The van der Waals surface area contributed by atoms with Gasteiger partial charge in [0.25, 0.3) is 0 Å². The van der Waals surface area contributed by atoms with Crippen LogP contribution in [0.15, 0.2) is 0 Å². The summed E-state index contributed by atoms with van der Waals surface area (Å²) in [5.74, 6) is 2.24. The number of methoxy groups -OCH3 is 1. The predicted octanol–water partition coefficient (Wildman–Crippen LogP) is 0.672. The summed E-state index contributed by atoms with van der Waals surface area (Å²) in [4.78, 5) is 9.41. The number of rotatable bonds is 7. The van der Waals surface area contributed by atoms with E-state index in [9.17, 15) is 0 Å². The van der Waals surface area contributed by atoms with Crippen LogP contribution in [0, 0.1) is 5.92 Å². The maximum absolute atomic E-state index is 5.46. The molecule has 1 aromatic heterocycles. The van der Waals surface area contributed by atoms with Gasteiger partial charge in [0.05, 0.1) is 18.9 Å². The maximum Gasteiger partial charge on any atom is 0.224 e. The van der Waals surface area contributed by atoms with Crippen LogP contribution in [-0.4, -0.2) is 63.1 Å². The van der Waals surface area contributed by atoms with Gasteiger partial charge in [-0.05, 0) is 19.4 Å². The molecule has 0 radical (unpaired) electrons. The highest BCUT2D eigenvalue weighted by Crippen LogP contribution is 2.22. The molecule has 1 unspecified atom stereocenters. The van der Waals surface area contributed by atoms with E-state index >= 15 is 0 Å². The molecule has 7 heteroatoms. The summed E-state index contributed by atoms with van der Waals surface area (Å²) < 4.78 is 10.5. The van der Waals surface area contributed by atoms with Crippen LogP contribution in [0.5, 0.6) is 0 Å². The topological polar surface area (TPSA) is 80.3 Å². The summed E-state index contributed by atoms with van der Waals surface area (Å²) in [7, 11) is 1.70. The minimum absolute atomic E-state index is 0.578. The lowest BCUT2D eigenvalue weighted by molar-refractivity contribution is 0.187. The molecule has 23 heavy (non-hydrogen) atoms. The van der Waals surface area contributed by atoms with Gasteiger partial charge in [-0.2, -0.15) is 4.98 Å². The third-order valence-corrected chi connectivity index (χ3v) is 4.35. The largest absolute Gasteiger partial charge is 0.383 e. The molecular weight excluding hydrogens is 294 g/mol. The highest BCUT2D eigenvalue weighted by Gasteiger charge is 2.19. The van der Waals surface area contributed by atoms with Gasteiger partial charge >= 0.3 is 0 Å². The Morgan fingerprint density at radius 3 is 3.00 bits per heavy atom. The smallest absolute Gasteiger partial charge is 0.224 e. The summed E-state index contributed by atoms with van der Waals surface area (Å²) in [5.41, 5.74) is 2.40. The normalized spacial score (nSPS) is 20.8. The molecule has 0 aliphatic carbocycles. The zero-order chi connectivity index (χ0) is 15.9. The highest BCUT2D eigenvalue weighted by molar-refractivity contribution is 5.51. The summed E-state index contributed by atoms with van der Waals surface area (Å²) in [6.45, 7) is 5.94. The van der Waals surface area contributed by atoms with Crippen LogP contribution in [0.4, 0.5) is 11.8 Å². The van der Waals surface area contributed by atoms with Gasteiger partial charge < -0.3 is 25.4 Å². The molecule has 128 valence electrons. The van der Waals surface area contributed by atoms with Crippen molar-refractivity contribution in [3.05, 3.63) is 11.3 Å². The third kappa shape index (κ3) is 4.53. The Bertz CT molecular complexity index is 505. The van der Waals surface area contributed by atoms with Crippen LogP contribution in [0.1, 0.15) is 17.7 Å². The Kier molecular flexibility index (Phi) is 6.01. The van der Waals surface area contributed by atoms with Crippen LogP contribution < -0.4 is 16.0 Å². The lowest BCUT2D eigenvalue weighted by Gasteiger charge is -2.17. The Balaban J connectivity index is 1.74. The van der Waals surface area contributed by atoms with E-state index in [-0.39, 0.29) is 0 Å². The molecule has 3 N–H and O–H groups in total. The lowest BCUT2D eigenvalue weighted by Crippen LogP contribution is -2.19. The lowest BCUT2D eigenvalue weighted by atomic mass is 10.1. The van der Waals surface area contributed by atoms with Crippen molar-refractivity contribution in [2.45, 2.75) is 19.3 Å². The van der Waals surface area contributed by atoms with Gasteiger partial charge in [0.15, 0.2) is 0 Å². The minimum Gasteiger partial charge on any atom is -0.383 e. The Hall–Kier alpha value is -1.44. The van der Waals surface area contributed by atoms with Gasteiger partial charge in [-0.3, -0.25) is 0 Å². The molecule has 1 atom stereocenters. The number of anilines is 2. The first-order valence-electron chi connectivity index (χ1n) is 8.51. The second kappa shape index (κ2) is 8.42. The van der Waals surface area contributed by atoms with Gasteiger partial charge in [0.2, 0.25) is 5.95 Å². The second-order valence-corrected chi connectivity index (χ2v) is 6.10.